The molecule has 65 heavy (non-hydrogen) atoms. The highest BCUT2D eigenvalue weighted by atomic mass is 16.5. The summed E-state index contributed by atoms with van der Waals surface area (Å²) in [4.78, 5) is 59.5. The Bertz CT molecular complexity index is 2380. The molecule has 0 radical (unpaired) electrons. The first-order valence-electron chi connectivity index (χ1n) is 22.6. The van der Waals surface area contributed by atoms with Gasteiger partial charge in [0.15, 0.2) is 12.6 Å². The maximum absolute atomic E-state index is 14.2. The number of benzene rings is 5. The van der Waals surface area contributed by atoms with Crippen molar-refractivity contribution in [3.63, 3.8) is 0 Å². The van der Waals surface area contributed by atoms with Crippen LogP contribution in [0.3, 0.4) is 0 Å². The standard InChI is InChI=1S/C51H65N7O7/c1-33(2)27-30-63-43-25-23-35-15-8-10-19-38(35)46(43)47-39-20-11-9-16-36(39)24-26-44(47)64-32-45(59)56-40(21-12-13-28-52)48(60)57-41(22-14-29-55-51(53)54)49(61)58-42(31-34(3)4)50(62)65-37-17-6-5-7-18-37/h5-11,15-20,23-26,33-34,40-42H,12-14,21-22,27-32,52H2,1-4H3,(H,56,59)(H,57,60)(H,58,61)(H4,53,54,55)/t40-,41-,42+/m1/s1. The number of carbonyl (C=O) groups excluding carboxylic acids is 4. The van der Waals surface area contributed by atoms with E-state index in [2.05, 4.69) is 40.9 Å². The summed E-state index contributed by atoms with van der Waals surface area (Å²) in [5.74, 6) is -0.502. The van der Waals surface area contributed by atoms with Gasteiger partial charge in [-0.25, -0.2) is 4.79 Å². The van der Waals surface area contributed by atoms with Crippen LogP contribution >= 0.6 is 0 Å². The van der Waals surface area contributed by atoms with Gasteiger partial charge in [-0.1, -0.05) is 107 Å². The minimum Gasteiger partial charge on any atom is -0.493 e. The summed E-state index contributed by atoms with van der Waals surface area (Å²) < 4.78 is 18.5. The van der Waals surface area contributed by atoms with E-state index in [1.807, 2.05) is 80.6 Å². The Morgan fingerprint density at radius 1 is 0.600 bits per heavy atom. The molecule has 5 aromatic carbocycles. The zero-order valence-electron chi connectivity index (χ0n) is 38.0. The van der Waals surface area contributed by atoms with Gasteiger partial charge in [-0.15, -0.1) is 0 Å². The van der Waals surface area contributed by atoms with E-state index in [9.17, 15) is 19.2 Å². The Morgan fingerprint density at radius 2 is 1.15 bits per heavy atom. The van der Waals surface area contributed by atoms with Gasteiger partial charge in [-0.05, 0) is 109 Å². The minimum absolute atomic E-state index is 0.0192. The monoisotopic (exact) mass is 887 g/mol. The van der Waals surface area contributed by atoms with E-state index < -0.39 is 48.4 Å². The molecule has 0 heterocycles. The lowest BCUT2D eigenvalue weighted by atomic mass is 9.92. The van der Waals surface area contributed by atoms with E-state index in [-0.39, 0.29) is 37.7 Å². The van der Waals surface area contributed by atoms with Crippen LogP contribution in [0.15, 0.2) is 108 Å². The molecular weight excluding hydrogens is 823 g/mol. The second-order valence-corrected chi connectivity index (χ2v) is 17.0. The zero-order chi connectivity index (χ0) is 46.7. The number of nitrogens with zero attached hydrogens (tertiary/aromatic N) is 1. The molecule has 3 amide bonds. The van der Waals surface area contributed by atoms with Crippen LogP contribution in [0.25, 0.3) is 32.7 Å². The van der Waals surface area contributed by atoms with Crippen molar-refractivity contribution in [1.29, 1.82) is 0 Å². The molecule has 0 aliphatic rings. The van der Waals surface area contributed by atoms with Gasteiger partial charge in [-0.2, -0.15) is 0 Å². The predicted molar refractivity (Wildman–Crippen MR) is 257 cm³/mol. The molecule has 0 bridgehead atoms. The van der Waals surface area contributed by atoms with Crippen LogP contribution in [-0.4, -0.2) is 74.1 Å². The number of ether oxygens (including phenoxy) is 3. The molecule has 0 unspecified atom stereocenters. The molecule has 346 valence electrons. The number of carbonyl (C=O) groups is 4. The van der Waals surface area contributed by atoms with Gasteiger partial charge in [0.1, 0.15) is 35.4 Å². The smallest absolute Gasteiger partial charge is 0.334 e. The molecule has 0 saturated heterocycles. The minimum atomic E-state index is -1.11. The Morgan fingerprint density at radius 3 is 1.74 bits per heavy atom. The number of unbranched alkanes of at least 4 members (excludes halogenated alkanes) is 1. The fourth-order valence-electron chi connectivity index (χ4n) is 7.48. The van der Waals surface area contributed by atoms with Crippen molar-refractivity contribution in [1.82, 2.24) is 16.0 Å². The molecule has 0 aliphatic carbocycles. The highest BCUT2D eigenvalue weighted by molar-refractivity contribution is 6.10. The molecule has 0 aliphatic heterocycles. The molecular formula is C51H65N7O7. The van der Waals surface area contributed by atoms with Crippen LogP contribution in [0, 0.1) is 11.8 Å². The number of nitrogens with one attached hydrogen (secondary N) is 3. The highest BCUT2D eigenvalue weighted by Gasteiger charge is 2.31. The van der Waals surface area contributed by atoms with Crippen molar-refractivity contribution < 1.29 is 33.4 Å². The molecule has 0 saturated carbocycles. The number of aliphatic imine (C=N–C) groups is 1. The van der Waals surface area contributed by atoms with Gasteiger partial charge in [0.05, 0.1) is 6.61 Å². The van der Waals surface area contributed by atoms with Crippen molar-refractivity contribution in [3.8, 4) is 28.4 Å². The maximum atomic E-state index is 14.2. The third kappa shape index (κ3) is 15.0. The number of esters is 1. The fraction of sp³-hybridized carbons (Fsp3) is 0.392. The van der Waals surface area contributed by atoms with E-state index in [1.165, 1.54) is 0 Å². The lowest BCUT2D eigenvalue weighted by Crippen LogP contribution is -2.56. The van der Waals surface area contributed by atoms with Crippen LogP contribution in [0.2, 0.25) is 0 Å². The van der Waals surface area contributed by atoms with Gasteiger partial charge in [0.2, 0.25) is 11.8 Å². The van der Waals surface area contributed by atoms with Gasteiger partial charge < -0.3 is 47.4 Å². The summed E-state index contributed by atoms with van der Waals surface area (Å²) in [5, 5.41) is 12.4. The average molecular weight is 888 g/mol. The van der Waals surface area contributed by atoms with Gasteiger partial charge >= 0.3 is 5.97 Å². The normalized spacial score (nSPS) is 12.6. The van der Waals surface area contributed by atoms with Gasteiger partial charge in [0.25, 0.3) is 5.91 Å². The summed E-state index contributed by atoms with van der Waals surface area (Å²) in [5.41, 5.74) is 18.5. The number of para-hydroxylation sites is 1. The summed E-state index contributed by atoms with van der Waals surface area (Å²) in [6.45, 7) is 8.85. The van der Waals surface area contributed by atoms with Crippen molar-refractivity contribution in [2.24, 2.45) is 34.0 Å². The number of rotatable bonds is 25. The first-order valence-corrected chi connectivity index (χ1v) is 22.6. The van der Waals surface area contributed by atoms with Crippen LogP contribution < -0.4 is 47.4 Å². The Kier molecular flexibility index (Phi) is 19.0. The van der Waals surface area contributed by atoms with Gasteiger partial charge in [-0.3, -0.25) is 19.4 Å². The first-order chi connectivity index (χ1) is 31.3. The molecule has 0 spiro atoms. The van der Waals surface area contributed by atoms with Crippen LogP contribution in [-0.2, 0) is 19.2 Å². The topological polar surface area (TPSA) is 222 Å². The number of hydrogen-bond donors (Lipinski definition) is 6. The molecule has 14 heteroatoms. The number of amides is 3. The molecule has 0 aromatic heterocycles. The number of nitrogens with two attached hydrogens (primary N) is 3. The van der Waals surface area contributed by atoms with Crippen molar-refractivity contribution >= 4 is 51.2 Å². The Hall–Kier alpha value is -6.67. The molecule has 0 fully saturated rings. The predicted octanol–water partition coefficient (Wildman–Crippen LogP) is 6.75. The van der Waals surface area contributed by atoms with E-state index in [0.717, 1.165) is 39.1 Å². The number of guanidine groups is 1. The van der Waals surface area contributed by atoms with E-state index in [0.29, 0.717) is 55.6 Å². The molecule has 9 N–H and O–H groups in total. The van der Waals surface area contributed by atoms with Crippen LogP contribution in [0.5, 0.6) is 17.2 Å². The third-order valence-corrected chi connectivity index (χ3v) is 10.8. The van der Waals surface area contributed by atoms with Crippen molar-refractivity contribution in [2.45, 2.75) is 90.8 Å². The summed E-state index contributed by atoms with van der Waals surface area (Å²) in [7, 11) is 0. The lowest BCUT2D eigenvalue weighted by Gasteiger charge is -2.26. The fourth-order valence-corrected chi connectivity index (χ4v) is 7.48. The highest BCUT2D eigenvalue weighted by Crippen LogP contribution is 2.45. The second kappa shape index (κ2) is 25.0. The van der Waals surface area contributed by atoms with E-state index in [4.69, 9.17) is 31.4 Å². The molecule has 3 atom stereocenters. The van der Waals surface area contributed by atoms with Crippen molar-refractivity contribution in [3.05, 3.63) is 103 Å². The summed E-state index contributed by atoms with van der Waals surface area (Å²) in [6.07, 6.45) is 2.98. The summed E-state index contributed by atoms with van der Waals surface area (Å²) >= 11 is 0. The SMILES string of the molecule is CC(C)CCOc1ccc2ccccc2c1-c1c(OCC(=O)N[C@H](CCCCN)C(=O)N[C@H](CCCN=C(N)N)C(=O)N[C@@H](CC(C)C)C(=O)Oc2ccccc2)ccc2ccccc12. The zero-order valence-corrected chi connectivity index (χ0v) is 38.0. The third-order valence-electron chi connectivity index (χ3n) is 10.8. The Labute approximate surface area is 382 Å². The number of fused-ring (bicyclic) bond motifs is 2. The van der Waals surface area contributed by atoms with E-state index >= 15 is 0 Å². The quantitative estimate of drug-likeness (QED) is 0.0119. The van der Waals surface area contributed by atoms with Crippen LogP contribution in [0.4, 0.5) is 0 Å². The lowest BCUT2D eigenvalue weighted by molar-refractivity contribution is -0.140. The molecule has 14 nitrogen and oxygen atoms in total. The van der Waals surface area contributed by atoms with Crippen molar-refractivity contribution in [2.75, 3.05) is 26.3 Å². The van der Waals surface area contributed by atoms with Gasteiger partial charge in [0, 0.05) is 17.7 Å². The largest absolute Gasteiger partial charge is 0.493 e. The van der Waals surface area contributed by atoms with Crippen LogP contribution in [0.1, 0.15) is 72.6 Å². The Balaban J connectivity index is 1.38. The molecule has 5 aromatic rings. The van der Waals surface area contributed by atoms with E-state index in [1.54, 1.807) is 30.3 Å². The maximum Gasteiger partial charge on any atom is 0.334 e. The molecule has 5 rings (SSSR count). The average Bonchev–Trinajstić information content (AvgIpc) is 3.28. The second-order valence-electron chi connectivity index (χ2n) is 17.0. The summed E-state index contributed by atoms with van der Waals surface area (Å²) in [6, 6.07) is 29.3. The first kappa shape index (κ1) is 49.3. The number of hydrogen-bond acceptors (Lipinski definition) is 9.